The number of morpholine rings is 1. The summed E-state index contributed by atoms with van der Waals surface area (Å²) in [6.07, 6.45) is 5.39. The Balaban J connectivity index is 1.79. The van der Waals surface area contributed by atoms with Gasteiger partial charge in [0.05, 0.1) is 25.1 Å². The molecule has 0 unspecified atom stereocenters. The normalized spacial score (nSPS) is 15.4. The summed E-state index contributed by atoms with van der Waals surface area (Å²) in [4.78, 5) is 18.6. The second-order valence-corrected chi connectivity index (χ2v) is 4.94. The smallest absolute Gasteiger partial charge is 0.269 e. The SMILES string of the molecule is CCn1ccnc1Cn1ncc(N2CCOCC2)cc1=O. The molecule has 112 valence electrons. The van der Waals surface area contributed by atoms with Crippen molar-refractivity contribution in [3.63, 3.8) is 0 Å². The quantitative estimate of drug-likeness (QED) is 0.812. The average molecular weight is 289 g/mol. The molecular weight excluding hydrogens is 270 g/mol. The van der Waals surface area contributed by atoms with Crippen molar-refractivity contribution in [1.29, 1.82) is 0 Å². The number of hydrogen-bond donors (Lipinski definition) is 0. The number of ether oxygens (including phenoxy) is 1. The molecule has 0 radical (unpaired) electrons. The fraction of sp³-hybridized carbons (Fsp3) is 0.500. The molecule has 7 nitrogen and oxygen atoms in total. The van der Waals surface area contributed by atoms with Crippen LogP contribution in [-0.2, 0) is 17.8 Å². The molecule has 21 heavy (non-hydrogen) atoms. The van der Waals surface area contributed by atoms with E-state index in [1.807, 2.05) is 17.7 Å². The highest BCUT2D eigenvalue weighted by atomic mass is 16.5. The van der Waals surface area contributed by atoms with E-state index in [2.05, 4.69) is 15.0 Å². The highest BCUT2D eigenvalue weighted by Crippen LogP contribution is 2.11. The van der Waals surface area contributed by atoms with Gasteiger partial charge in [0.15, 0.2) is 0 Å². The van der Waals surface area contributed by atoms with Crippen LogP contribution in [0.2, 0.25) is 0 Å². The summed E-state index contributed by atoms with van der Waals surface area (Å²) in [5.74, 6) is 0.839. The highest BCUT2D eigenvalue weighted by Gasteiger charge is 2.13. The van der Waals surface area contributed by atoms with E-state index < -0.39 is 0 Å². The number of hydrogen-bond acceptors (Lipinski definition) is 5. The predicted octanol–water partition coefficient (Wildman–Crippen LogP) is 0.345. The van der Waals surface area contributed by atoms with Gasteiger partial charge in [-0.25, -0.2) is 9.67 Å². The van der Waals surface area contributed by atoms with Crippen molar-refractivity contribution in [2.24, 2.45) is 0 Å². The summed E-state index contributed by atoms with van der Waals surface area (Å²) < 4.78 is 8.76. The largest absolute Gasteiger partial charge is 0.378 e. The maximum absolute atomic E-state index is 12.2. The molecule has 1 saturated heterocycles. The Morgan fingerprint density at radius 3 is 2.86 bits per heavy atom. The van der Waals surface area contributed by atoms with E-state index in [4.69, 9.17) is 4.74 Å². The predicted molar refractivity (Wildman–Crippen MR) is 78.5 cm³/mol. The molecule has 0 bridgehead atoms. The second-order valence-electron chi connectivity index (χ2n) is 4.94. The Bertz CT molecular complexity index is 657. The third-order valence-electron chi connectivity index (χ3n) is 3.66. The van der Waals surface area contributed by atoms with Crippen molar-refractivity contribution in [2.75, 3.05) is 31.2 Å². The van der Waals surface area contributed by atoms with Crippen molar-refractivity contribution in [1.82, 2.24) is 19.3 Å². The Labute approximate surface area is 122 Å². The minimum absolute atomic E-state index is 0.107. The van der Waals surface area contributed by atoms with Crippen LogP contribution in [0.3, 0.4) is 0 Å². The molecule has 1 aliphatic heterocycles. The zero-order chi connectivity index (χ0) is 14.7. The van der Waals surface area contributed by atoms with Gasteiger partial charge in [-0.3, -0.25) is 4.79 Å². The van der Waals surface area contributed by atoms with Crippen LogP contribution in [0.5, 0.6) is 0 Å². The lowest BCUT2D eigenvalue weighted by Crippen LogP contribution is -2.37. The lowest BCUT2D eigenvalue weighted by Gasteiger charge is -2.28. The van der Waals surface area contributed by atoms with E-state index in [9.17, 15) is 4.79 Å². The molecule has 1 aliphatic rings. The van der Waals surface area contributed by atoms with Crippen LogP contribution in [0.25, 0.3) is 0 Å². The van der Waals surface area contributed by atoms with Crippen LogP contribution in [-0.4, -0.2) is 45.6 Å². The Morgan fingerprint density at radius 1 is 1.33 bits per heavy atom. The van der Waals surface area contributed by atoms with Gasteiger partial charge in [0, 0.05) is 38.1 Å². The molecule has 0 aromatic carbocycles. The fourth-order valence-electron chi connectivity index (χ4n) is 2.45. The number of aromatic nitrogens is 4. The molecule has 0 saturated carbocycles. The summed E-state index contributed by atoms with van der Waals surface area (Å²) in [5.41, 5.74) is 0.753. The first-order valence-electron chi connectivity index (χ1n) is 7.18. The monoisotopic (exact) mass is 289 g/mol. The summed E-state index contributed by atoms with van der Waals surface area (Å²) in [5, 5.41) is 4.27. The highest BCUT2D eigenvalue weighted by molar-refractivity contribution is 5.43. The van der Waals surface area contributed by atoms with Crippen molar-refractivity contribution in [2.45, 2.75) is 20.0 Å². The first-order valence-corrected chi connectivity index (χ1v) is 7.18. The standard InChI is InChI=1S/C14H19N5O2/c1-2-17-4-3-15-13(17)11-19-14(20)9-12(10-16-19)18-5-7-21-8-6-18/h3-4,9-10H,2,5-8,11H2,1H3. The maximum Gasteiger partial charge on any atom is 0.269 e. The Kier molecular flexibility index (Phi) is 4.01. The minimum atomic E-state index is -0.107. The summed E-state index contributed by atoms with van der Waals surface area (Å²) in [7, 11) is 0. The van der Waals surface area contributed by atoms with Crippen LogP contribution in [0.1, 0.15) is 12.7 Å². The maximum atomic E-state index is 12.2. The third-order valence-corrected chi connectivity index (χ3v) is 3.66. The van der Waals surface area contributed by atoms with Crippen molar-refractivity contribution < 1.29 is 4.74 Å². The van der Waals surface area contributed by atoms with E-state index >= 15 is 0 Å². The zero-order valence-corrected chi connectivity index (χ0v) is 12.1. The molecule has 7 heteroatoms. The molecule has 3 rings (SSSR count). The van der Waals surface area contributed by atoms with Gasteiger partial charge >= 0.3 is 0 Å². The zero-order valence-electron chi connectivity index (χ0n) is 12.1. The number of rotatable bonds is 4. The van der Waals surface area contributed by atoms with Crippen molar-refractivity contribution in [3.8, 4) is 0 Å². The van der Waals surface area contributed by atoms with Crippen molar-refractivity contribution >= 4 is 5.69 Å². The molecule has 2 aromatic rings. The van der Waals surface area contributed by atoms with Crippen LogP contribution < -0.4 is 10.5 Å². The van der Waals surface area contributed by atoms with Gasteiger partial charge in [0.2, 0.25) is 0 Å². The molecule has 0 spiro atoms. The van der Waals surface area contributed by atoms with Gasteiger partial charge in [-0.05, 0) is 6.92 Å². The summed E-state index contributed by atoms with van der Waals surface area (Å²) >= 11 is 0. The topological polar surface area (TPSA) is 65.2 Å². The molecule has 0 aliphatic carbocycles. The Hall–Kier alpha value is -2.15. The summed E-state index contributed by atoms with van der Waals surface area (Å²) in [6.45, 7) is 6.24. The first-order chi connectivity index (χ1) is 10.3. The van der Waals surface area contributed by atoms with Gasteiger partial charge in [-0.15, -0.1) is 0 Å². The fourth-order valence-corrected chi connectivity index (χ4v) is 2.45. The van der Waals surface area contributed by atoms with E-state index in [1.54, 1.807) is 18.5 Å². The molecule has 1 fully saturated rings. The van der Waals surface area contributed by atoms with Crippen LogP contribution in [0.4, 0.5) is 5.69 Å². The van der Waals surface area contributed by atoms with Crippen LogP contribution >= 0.6 is 0 Å². The second kappa shape index (κ2) is 6.09. The number of aryl methyl sites for hydroxylation is 1. The minimum Gasteiger partial charge on any atom is -0.378 e. The van der Waals surface area contributed by atoms with E-state index in [1.165, 1.54) is 4.68 Å². The molecule has 0 N–H and O–H groups in total. The summed E-state index contributed by atoms with van der Waals surface area (Å²) in [6, 6.07) is 1.64. The lowest BCUT2D eigenvalue weighted by molar-refractivity contribution is 0.122. The van der Waals surface area contributed by atoms with E-state index in [0.717, 1.165) is 31.1 Å². The average Bonchev–Trinajstić information content (AvgIpc) is 2.97. The van der Waals surface area contributed by atoms with Gasteiger partial charge < -0.3 is 14.2 Å². The third kappa shape index (κ3) is 2.97. The molecule has 3 heterocycles. The molecule has 0 amide bonds. The number of anilines is 1. The number of nitrogens with zero attached hydrogens (tertiary/aromatic N) is 5. The van der Waals surface area contributed by atoms with Gasteiger partial charge in [0.1, 0.15) is 12.4 Å². The van der Waals surface area contributed by atoms with Crippen LogP contribution in [0, 0.1) is 0 Å². The van der Waals surface area contributed by atoms with Crippen LogP contribution in [0.15, 0.2) is 29.5 Å². The van der Waals surface area contributed by atoms with Gasteiger partial charge in [-0.2, -0.15) is 5.10 Å². The molecule has 0 atom stereocenters. The molecule has 2 aromatic heterocycles. The van der Waals surface area contributed by atoms with E-state index in [0.29, 0.717) is 19.8 Å². The van der Waals surface area contributed by atoms with Gasteiger partial charge in [0.25, 0.3) is 5.56 Å². The lowest BCUT2D eigenvalue weighted by atomic mass is 10.3. The number of imidazole rings is 1. The Morgan fingerprint density at radius 2 is 2.14 bits per heavy atom. The first kappa shape index (κ1) is 13.8. The van der Waals surface area contributed by atoms with Gasteiger partial charge in [-0.1, -0.05) is 0 Å². The van der Waals surface area contributed by atoms with E-state index in [-0.39, 0.29) is 5.56 Å². The van der Waals surface area contributed by atoms with Crippen molar-refractivity contribution in [3.05, 3.63) is 40.8 Å². The molecular formula is C14H19N5O2.